The number of thiazole rings is 1. The molecule has 0 bridgehead atoms. The van der Waals surface area contributed by atoms with Crippen LogP contribution in [0.1, 0.15) is 25.3 Å². The number of halogens is 2. The zero-order valence-corrected chi connectivity index (χ0v) is 13.2. The number of nitrogens with one attached hydrogen (secondary N) is 1. The van der Waals surface area contributed by atoms with Crippen molar-refractivity contribution in [2.75, 3.05) is 23.3 Å². The highest BCUT2D eigenvalue weighted by Gasteiger charge is 2.25. The second kappa shape index (κ2) is 6.20. The fraction of sp³-hybridized carbons (Fsp3) is 0.438. The normalized spacial score (nSPS) is 16.8. The molecule has 1 aromatic carbocycles. The van der Waals surface area contributed by atoms with Crippen LogP contribution in [0.4, 0.5) is 19.6 Å². The van der Waals surface area contributed by atoms with Crippen LogP contribution in [0, 0.1) is 0 Å². The molecular formula is C16H19F2N3S. The molecular weight excluding hydrogens is 304 g/mol. The molecule has 0 radical (unpaired) electrons. The van der Waals surface area contributed by atoms with Crippen LogP contribution in [0.25, 0.3) is 0 Å². The van der Waals surface area contributed by atoms with E-state index in [0.717, 1.165) is 43.7 Å². The first-order chi connectivity index (χ1) is 10.5. The lowest BCUT2D eigenvalue weighted by Crippen LogP contribution is -2.39. The van der Waals surface area contributed by atoms with Crippen LogP contribution in [0.15, 0.2) is 35.8 Å². The molecule has 0 aliphatic carbocycles. The fourth-order valence-electron chi connectivity index (χ4n) is 2.70. The second-order valence-corrected chi connectivity index (χ2v) is 6.56. The molecule has 1 aliphatic rings. The highest BCUT2D eigenvalue weighted by Crippen LogP contribution is 2.29. The second-order valence-electron chi connectivity index (χ2n) is 5.69. The molecule has 0 unspecified atom stereocenters. The smallest absolute Gasteiger partial charge is 0.270 e. The summed E-state index contributed by atoms with van der Waals surface area (Å²) in [6.45, 7) is 2.81. The van der Waals surface area contributed by atoms with Gasteiger partial charge in [-0.2, -0.15) is 0 Å². The zero-order valence-electron chi connectivity index (χ0n) is 12.4. The van der Waals surface area contributed by atoms with Crippen LogP contribution in [-0.2, 0) is 5.92 Å². The van der Waals surface area contributed by atoms with Gasteiger partial charge in [0.1, 0.15) is 0 Å². The van der Waals surface area contributed by atoms with Gasteiger partial charge in [0.05, 0.1) is 0 Å². The third kappa shape index (κ3) is 3.55. The first kappa shape index (κ1) is 15.2. The number of nitrogens with zero attached hydrogens (tertiary/aromatic N) is 2. The van der Waals surface area contributed by atoms with Gasteiger partial charge in [-0.15, -0.1) is 11.3 Å². The number of hydrogen-bond donors (Lipinski definition) is 1. The van der Waals surface area contributed by atoms with Crippen molar-refractivity contribution >= 4 is 22.2 Å². The molecule has 0 spiro atoms. The SMILES string of the molecule is CC(F)(F)c1cccc(NC2CCN(c3nccs3)CC2)c1. The predicted molar refractivity (Wildman–Crippen MR) is 87.0 cm³/mol. The summed E-state index contributed by atoms with van der Waals surface area (Å²) in [7, 11) is 0. The molecule has 1 fully saturated rings. The van der Waals surface area contributed by atoms with Crippen LogP contribution in [-0.4, -0.2) is 24.1 Å². The quantitative estimate of drug-likeness (QED) is 0.907. The van der Waals surface area contributed by atoms with Crippen LogP contribution in [0.3, 0.4) is 0 Å². The van der Waals surface area contributed by atoms with E-state index < -0.39 is 5.92 Å². The maximum Gasteiger partial charge on any atom is 0.270 e. The van der Waals surface area contributed by atoms with E-state index in [-0.39, 0.29) is 5.56 Å². The number of hydrogen-bond acceptors (Lipinski definition) is 4. The van der Waals surface area contributed by atoms with Crippen molar-refractivity contribution in [3.8, 4) is 0 Å². The largest absolute Gasteiger partial charge is 0.382 e. The van der Waals surface area contributed by atoms with Gasteiger partial charge in [0.15, 0.2) is 5.13 Å². The average Bonchev–Trinajstić information content (AvgIpc) is 3.02. The lowest BCUT2D eigenvalue weighted by Gasteiger charge is -2.32. The molecule has 1 aromatic heterocycles. The van der Waals surface area contributed by atoms with Crippen LogP contribution >= 0.6 is 11.3 Å². The number of piperidine rings is 1. The standard InChI is InChI=1S/C16H19F2N3S/c1-16(17,18)12-3-2-4-14(11-12)20-13-5-8-21(9-6-13)15-19-7-10-22-15/h2-4,7,10-11,13,20H,5-6,8-9H2,1H3. The highest BCUT2D eigenvalue weighted by atomic mass is 32.1. The third-order valence-corrected chi connectivity index (χ3v) is 4.76. The fourth-order valence-corrected chi connectivity index (χ4v) is 3.40. The van der Waals surface area contributed by atoms with Crippen LogP contribution < -0.4 is 10.2 Å². The van der Waals surface area contributed by atoms with Crippen LogP contribution in [0.2, 0.25) is 0 Å². The first-order valence-corrected chi connectivity index (χ1v) is 8.30. The van der Waals surface area contributed by atoms with Gasteiger partial charge < -0.3 is 10.2 Å². The van der Waals surface area contributed by atoms with E-state index in [1.165, 1.54) is 6.07 Å². The van der Waals surface area contributed by atoms with Crippen LogP contribution in [0.5, 0.6) is 0 Å². The molecule has 2 heterocycles. The van der Waals surface area contributed by atoms with E-state index >= 15 is 0 Å². The molecule has 22 heavy (non-hydrogen) atoms. The zero-order chi connectivity index (χ0) is 15.6. The molecule has 1 N–H and O–H groups in total. The van der Waals surface area contributed by atoms with Crippen molar-refractivity contribution < 1.29 is 8.78 Å². The number of rotatable bonds is 4. The van der Waals surface area contributed by atoms with E-state index in [9.17, 15) is 8.78 Å². The Labute approximate surface area is 133 Å². The summed E-state index contributed by atoms with van der Waals surface area (Å²) in [4.78, 5) is 6.61. The lowest BCUT2D eigenvalue weighted by molar-refractivity contribution is 0.0175. The van der Waals surface area contributed by atoms with E-state index in [4.69, 9.17) is 0 Å². The highest BCUT2D eigenvalue weighted by molar-refractivity contribution is 7.13. The minimum absolute atomic E-state index is 0.0534. The van der Waals surface area contributed by atoms with Gasteiger partial charge in [0, 0.05) is 48.9 Å². The summed E-state index contributed by atoms with van der Waals surface area (Å²) in [5.74, 6) is -2.80. The van der Waals surface area contributed by atoms with Gasteiger partial charge in [-0.05, 0) is 25.0 Å². The number of benzene rings is 1. The Morgan fingerprint density at radius 2 is 2.09 bits per heavy atom. The lowest BCUT2D eigenvalue weighted by atomic mass is 10.0. The number of alkyl halides is 2. The summed E-state index contributed by atoms with van der Waals surface area (Å²) < 4.78 is 26.8. The Morgan fingerprint density at radius 3 is 2.73 bits per heavy atom. The van der Waals surface area contributed by atoms with E-state index in [1.807, 2.05) is 17.6 Å². The monoisotopic (exact) mass is 323 g/mol. The molecule has 0 amide bonds. The number of aromatic nitrogens is 1. The van der Waals surface area contributed by atoms with Gasteiger partial charge in [-0.25, -0.2) is 13.8 Å². The molecule has 2 aromatic rings. The van der Waals surface area contributed by atoms with Crippen molar-refractivity contribution in [3.63, 3.8) is 0 Å². The summed E-state index contributed by atoms with van der Waals surface area (Å²) in [6.07, 6.45) is 3.78. The molecule has 6 heteroatoms. The summed E-state index contributed by atoms with van der Waals surface area (Å²) >= 11 is 1.65. The molecule has 0 atom stereocenters. The Morgan fingerprint density at radius 1 is 1.32 bits per heavy atom. The maximum atomic E-state index is 13.4. The first-order valence-electron chi connectivity index (χ1n) is 7.42. The van der Waals surface area contributed by atoms with Crippen molar-refractivity contribution in [2.45, 2.75) is 31.7 Å². The van der Waals surface area contributed by atoms with E-state index in [1.54, 1.807) is 23.5 Å². The Balaban J connectivity index is 1.59. The Kier molecular flexibility index (Phi) is 4.29. The summed E-state index contributed by atoms with van der Waals surface area (Å²) in [6, 6.07) is 6.86. The van der Waals surface area contributed by atoms with E-state index in [0.29, 0.717) is 6.04 Å². The minimum atomic E-state index is -2.80. The summed E-state index contributed by atoms with van der Waals surface area (Å²) in [5.41, 5.74) is 0.824. The third-order valence-electron chi connectivity index (χ3n) is 3.93. The van der Waals surface area contributed by atoms with Gasteiger partial charge in [-0.1, -0.05) is 12.1 Å². The van der Waals surface area contributed by atoms with Gasteiger partial charge in [-0.3, -0.25) is 0 Å². The van der Waals surface area contributed by atoms with Gasteiger partial charge in [0.2, 0.25) is 0 Å². The summed E-state index contributed by atoms with van der Waals surface area (Å²) in [5, 5.41) is 6.43. The van der Waals surface area contributed by atoms with E-state index in [2.05, 4.69) is 15.2 Å². The van der Waals surface area contributed by atoms with Gasteiger partial charge in [0.25, 0.3) is 5.92 Å². The van der Waals surface area contributed by atoms with Crippen molar-refractivity contribution in [1.29, 1.82) is 0 Å². The predicted octanol–water partition coefficient (Wildman–Crippen LogP) is 4.34. The molecule has 0 saturated carbocycles. The Bertz CT molecular complexity index is 602. The average molecular weight is 323 g/mol. The minimum Gasteiger partial charge on any atom is -0.382 e. The van der Waals surface area contributed by atoms with Crippen molar-refractivity contribution in [3.05, 3.63) is 41.4 Å². The van der Waals surface area contributed by atoms with Crippen molar-refractivity contribution in [1.82, 2.24) is 4.98 Å². The molecule has 1 saturated heterocycles. The molecule has 3 nitrogen and oxygen atoms in total. The topological polar surface area (TPSA) is 28.2 Å². The van der Waals surface area contributed by atoms with Crippen molar-refractivity contribution in [2.24, 2.45) is 0 Å². The number of anilines is 2. The molecule has 118 valence electrons. The maximum absolute atomic E-state index is 13.4. The molecule has 1 aliphatic heterocycles. The Hall–Kier alpha value is -1.69. The molecule has 3 rings (SSSR count). The van der Waals surface area contributed by atoms with Gasteiger partial charge >= 0.3 is 0 Å².